The van der Waals surface area contributed by atoms with E-state index in [9.17, 15) is 18.3 Å². The molecule has 3 N–H and O–H groups in total. The van der Waals surface area contributed by atoms with Crippen LogP contribution in [0.3, 0.4) is 0 Å². The van der Waals surface area contributed by atoms with Crippen molar-refractivity contribution in [1.29, 1.82) is 0 Å². The minimum atomic E-state index is -4.22. The van der Waals surface area contributed by atoms with Crippen LogP contribution in [0.15, 0.2) is 76.2 Å². The molecular formula is C32H37BrClN5O5S. The van der Waals surface area contributed by atoms with Crippen LogP contribution < -0.4 is 14.8 Å². The number of rotatable bonds is 12. The molecule has 0 amide bonds. The molecule has 0 fully saturated rings. The number of carboxylic acid groups (broad SMARTS) is 1. The number of benzene rings is 2. The van der Waals surface area contributed by atoms with Crippen LogP contribution in [-0.4, -0.2) is 47.1 Å². The highest BCUT2D eigenvalue weighted by Crippen LogP contribution is 2.30. The molecule has 0 aliphatic rings. The zero-order valence-electron chi connectivity index (χ0n) is 25.7. The van der Waals surface area contributed by atoms with Crippen molar-refractivity contribution in [3.8, 4) is 17.1 Å². The molecular weight excluding hydrogens is 682 g/mol. The molecule has 0 saturated heterocycles. The van der Waals surface area contributed by atoms with Gasteiger partial charge in [-0.3, -0.25) is 4.98 Å². The fourth-order valence-electron chi connectivity index (χ4n) is 4.77. The Morgan fingerprint density at radius 1 is 1.02 bits per heavy atom. The van der Waals surface area contributed by atoms with Gasteiger partial charge in [0.25, 0.3) is 10.0 Å². The van der Waals surface area contributed by atoms with E-state index >= 15 is 0 Å². The average molecular weight is 719 g/mol. The third-order valence-corrected chi connectivity index (χ3v) is 8.79. The summed E-state index contributed by atoms with van der Waals surface area (Å²) in [6.07, 6.45) is 2.53. The number of carbonyl (C=O) groups is 1. The van der Waals surface area contributed by atoms with Crippen molar-refractivity contribution in [2.24, 2.45) is 5.41 Å². The van der Waals surface area contributed by atoms with Gasteiger partial charge in [-0.15, -0.1) is 12.4 Å². The van der Waals surface area contributed by atoms with Crippen LogP contribution in [0, 0.1) is 19.3 Å². The molecule has 0 aliphatic carbocycles. The number of carboxylic acids is 1. The molecule has 10 nitrogen and oxygen atoms in total. The molecule has 240 valence electrons. The second kappa shape index (κ2) is 15.1. The van der Waals surface area contributed by atoms with Gasteiger partial charge in [0, 0.05) is 34.9 Å². The van der Waals surface area contributed by atoms with E-state index in [2.05, 4.69) is 61.7 Å². The molecule has 0 unspecified atom stereocenters. The van der Waals surface area contributed by atoms with Crippen molar-refractivity contribution in [1.82, 2.24) is 20.3 Å². The summed E-state index contributed by atoms with van der Waals surface area (Å²) >= 11 is 3.55. The number of aromatic carboxylic acids is 1. The topological polar surface area (TPSA) is 143 Å². The first-order valence-corrected chi connectivity index (χ1v) is 16.3. The standard InChI is InChI=1S/C32H36BrN5O5S.ClH/c1-20-9-6-10-21(2)29(20)26-16-28(37-31(36-26)38-44(41,42)24-12-7-11-22(15-24)30(39)40)43-19-23(17-32(3,4)5)35-18-27-25(33)13-8-14-34-27;/h6-16,23,35H,17-19H2,1-5H3,(H,39,40)(H,36,37,38);1H/t23-;/m1./s1. The van der Waals surface area contributed by atoms with Crippen LogP contribution in [0.5, 0.6) is 5.88 Å². The number of aromatic nitrogens is 3. The summed E-state index contributed by atoms with van der Waals surface area (Å²) < 4.78 is 36.1. The fraction of sp³-hybridized carbons (Fsp3) is 0.312. The van der Waals surface area contributed by atoms with Gasteiger partial charge in [0.2, 0.25) is 11.8 Å². The Labute approximate surface area is 278 Å². The van der Waals surface area contributed by atoms with Crippen molar-refractivity contribution in [2.45, 2.75) is 58.5 Å². The van der Waals surface area contributed by atoms with Crippen LogP contribution >= 0.6 is 28.3 Å². The summed E-state index contributed by atoms with van der Waals surface area (Å²) in [5, 5.41) is 12.9. The highest BCUT2D eigenvalue weighted by molar-refractivity contribution is 9.10. The smallest absolute Gasteiger partial charge is 0.335 e. The first kappa shape index (κ1) is 35.9. The van der Waals surface area contributed by atoms with Crippen LogP contribution in [0.25, 0.3) is 11.3 Å². The van der Waals surface area contributed by atoms with Gasteiger partial charge < -0.3 is 15.2 Å². The van der Waals surface area contributed by atoms with Gasteiger partial charge in [0.05, 0.1) is 21.8 Å². The number of hydrogen-bond acceptors (Lipinski definition) is 8. The summed E-state index contributed by atoms with van der Waals surface area (Å²) in [6, 6.07) is 16.3. The van der Waals surface area contributed by atoms with Crippen LogP contribution in [-0.2, 0) is 16.6 Å². The number of sulfonamides is 1. The first-order chi connectivity index (χ1) is 20.7. The SMILES string of the molecule is Cc1cccc(C)c1-c1cc(OC[C@@H](CC(C)(C)C)NCc2ncccc2Br)nc(NS(=O)(=O)c2cccc(C(=O)O)c2)n1.Cl. The number of aryl methyl sites for hydroxylation is 2. The maximum absolute atomic E-state index is 13.3. The number of hydrogen-bond donors (Lipinski definition) is 3. The van der Waals surface area contributed by atoms with E-state index in [1.807, 2.05) is 44.2 Å². The third kappa shape index (κ3) is 9.95. The Morgan fingerprint density at radius 2 is 1.71 bits per heavy atom. The first-order valence-electron chi connectivity index (χ1n) is 14.0. The predicted octanol–water partition coefficient (Wildman–Crippen LogP) is 6.81. The van der Waals surface area contributed by atoms with Gasteiger partial charge in [-0.05, 0) is 83.1 Å². The summed E-state index contributed by atoms with van der Waals surface area (Å²) in [5.74, 6) is -1.24. The number of halogens is 2. The largest absolute Gasteiger partial charge is 0.478 e. The second-order valence-electron chi connectivity index (χ2n) is 11.7. The molecule has 2 aromatic heterocycles. The maximum Gasteiger partial charge on any atom is 0.335 e. The van der Waals surface area contributed by atoms with E-state index < -0.39 is 16.0 Å². The van der Waals surface area contributed by atoms with Crippen molar-refractivity contribution in [3.05, 3.63) is 93.7 Å². The lowest BCUT2D eigenvalue weighted by Gasteiger charge is -2.27. The Kier molecular flexibility index (Phi) is 12.1. The zero-order valence-corrected chi connectivity index (χ0v) is 28.9. The molecule has 0 radical (unpaired) electrons. The van der Waals surface area contributed by atoms with Gasteiger partial charge >= 0.3 is 5.97 Å². The highest BCUT2D eigenvalue weighted by atomic mass is 79.9. The molecule has 0 bridgehead atoms. The lowest BCUT2D eigenvalue weighted by Crippen LogP contribution is -2.37. The lowest BCUT2D eigenvalue weighted by molar-refractivity contribution is 0.0696. The molecule has 4 aromatic rings. The Morgan fingerprint density at radius 3 is 2.36 bits per heavy atom. The van der Waals surface area contributed by atoms with E-state index in [0.717, 1.165) is 39.3 Å². The Hall–Kier alpha value is -3.58. The number of nitrogens with zero attached hydrogens (tertiary/aromatic N) is 3. The van der Waals surface area contributed by atoms with E-state index in [1.54, 1.807) is 12.3 Å². The fourth-order valence-corrected chi connectivity index (χ4v) is 6.16. The van der Waals surface area contributed by atoms with E-state index in [1.165, 1.54) is 18.2 Å². The van der Waals surface area contributed by atoms with Gasteiger partial charge in [-0.25, -0.2) is 22.9 Å². The predicted molar refractivity (Wildman–Crippen MR) is 181 cm³/mol. The molecule has 1 atom stereocenters. The number of nitrogens with one attached hydrogen (secondary N) is 2. The second-order valence-corrected chi connectivity index (χ2v) is 14.2. The van der Waals surface area contributed by atoms with Gasteiger partial charge in [-0.2, -0.15) is 4.98 Å². The van der Waals surface area contributed by atoms with Crippen LogP contribution in [0.2, 0.25) is 0 Å². The Balaban J connectivity index is 0.00000552. The highest BCUT2D eigenvalue weighted by Gasteiger charge is 2.23. The third-order valence-electron chi connectivity index (χ3n) is 6.74. The number of ether oxygens (including phenoxy) is 1. The summed E-state index contributed by atoms with van der Waals surface area (Å²) in [6.45, 7) is 11.1. The number of anilines is 1. The van der Waals surface area contributed by atoms with Crippen molar-refractivity contribution < 1.29 is 23.1 Å². The van der Waals surface area contributed by atoms with Crippen LogP contribution in [0.1, 0.15) is 54.4 Å². The van der Waals surface area contributed by atoms with Gasteiger partial charge in [0.15, 0.2) is 0 Å². The van der Waals surface area contributed by atoms with Gasteiger partial charge in [0.1, 0.15) is 6.61 Å². The lowest BCUT2D eigenvalue weighted by atomic mass is 9.88. The normalized spacial score (nSPS) is 12.2. The van der Waals surface area contributed by atoms with E-state index in [-0.39, 0.29) is 52.8 Å². The zero-order chi connectivity index (χ0) is 32.1. The molecule has 0 aliphatic heterocycles. The maximum atomic E-state index is 13.3. The van der Waals surface area contributed by atoms with Crippen molar-refractivity contribution >= 4 is 50.3 Å². The minimum absolute atomic E-state index is 0. The summed E-state index contributed by atoms with van der Waals surface area (Å²) in [5.41, 5.74) is 3.92. The molecule has 0 spiro atoms. The van der Waals surface area contributed by atoms with E-state index in [0.29, 0.717) is 12.2 Å². The molecule has 0 saturated carbocycles. The average Bonchev–Trinajstić information content (AvgIpc) is 2.94. The van der Waals surface area contributed by atoms with Crippen molar-refractivity contribution in [3.63, 3.8) is 0 Å². The Bertz CT molecular complexity index is 1750. The summed E-state index contributed by atoms with van der Waals surface area (Å²) in [4.78, 5) is 24.6. The van der Waals surface area contributed by atoms with Gasteiger partial charge in [-0.1, -0.05) is 45.0 Å². The number of pyridine rings is 1. The minimum Gasteiger partial charge on any atom is -0.478 e. The van der Waals surface area contributed by atoms with E-state index in [4.69, 9.17) is 4.74 Å². The summed E-state index contributed by atoms with van der Waals surface area (Å²) in [7, 11) is -4.22. The molecule has 13 heteroatoms. The molecule has 2 aromatic carbocycles. The quantitative estimate of drug-likeness (QED) is 0.144. The molecule has 4 rings (SSSR count). The molecule has 45 heavy (non-hydrogen) atoms. The monoisotopic (exact) mass is 717 g/mol. The van der Waals surface area contributed by atoms with Crippen LogP contribution in [0.4, 0.5) is 5.95 Å². The van der Waals surface area contributed by atoms with Crippen molar-refractivity contribution in [2.75, 3.05) is 11.3 Å². The molecule has 2 heterocycles.